The van der Waals surface area contributed by atoms with Gasteiger partial charge in [-0.25, -0.2) is 9.97 Å². The number of morpholine rings is 1. The molecule has 0 bridgehead atoms. The second-order valence-corrected chi connectivity index (χ2v) is 7.35. The average molecular weight is 360 g/mol. The second-order valence-electron chi connectivity index (χ2n) is 6.48. The van der Waals surface area contributed by atoms with Crippen LogP contribution >= 0.6 is 11.3 Å². The van der Waals surface area contributed by atoms with Crippen LogP contribution in [0.3, 0.4) is 0 Å². The van der Waals surface area contributed by atoms with Gasteiger partial charge in [0.1, 0.15) is 5.82 Å². The van der Waals surface area contributed by atoms with E-state index in [0.29, 0.717) is 6.04 Å². The molecule has 2 aromatic heterocycles. The molecule has 2 aliphatic rings. The monoisotopic (exact) mass is 360 g/mol. The summed E-state index contributed by atoms with van der Waals surface area (Å²) in [5, 5.41) is 3.15. The lowest BCUT2D eigenvalue weighted by atomic mass is 10.1. The third-order valence-corrected chi connectivity index (χ3v) is 5.74. The highest BCUT2D eigenvalue weighted by Gasteiger charge is 2.26. The highest BCUT2D eigenvalue weighted by molar-refractivity contribution is 7.13. The van der Waals surface area contributed by atoms with Gasteiger partial charge in [0.2, 0.25) is 5.95 Å². The Labute approximate surface area is 152 Å². The third-order valence-electron chi connectivity index (χ3n) is 4.91. The van der Waals surface area contributed by atoms with Gasteiger partial charge < -0.3 is 19.4 Å². The Balaban J connectivity index is 1.47. The van der Waals surface area contributed by atoms with E-state index < -0.39 is 0 Å². The molecule has 0 amide bonds. The summed E-state index contributed by atoms with van der Waals surface area (Å²) in [7, 11) is 2.11. The molecule has 1 atom stereocenters. The molecule has 0 radical (unpaired) electrons. The number of aromatic nitrogens is 3. The quantitative estimate of drug-likeness (QED) is 0.825. The van der Waals surface area contributed by atoms with E-state index in [1.54, 1.807) is 11.3 Å². The molecule has 0 spiro atoms. The van der Waals surface area contributed by atoms with Crippen molar-refractivity contribution >= 4 is 28.2 Å². The van der Waals surface area contributed by atoms with E-state index in [1.165, 1.54) is 0 Å². The van der Waals surface area contributed by atoms with Gasteiger partial charge in [-0.3, -0.25) is 0 Å². The van der Waals surface area contributed by atoms with E-state index in [0.717, 1.165) is 69.1 Å². The number of likely N-dealkylation sites (N-methyl/N-ethyl adjacent to an activating group) is 1. The van der Waals surface area contributed by atoms with Crippen molar-refractivity contribution in [3.63, 3.8) is 0 Å². The van der Waals surface area contributed by atoms with Crippen molar-refractivity contribution in [3.8, 4) is 0 Å². The highest BCUT2D eigenvalue weighted by Crippen LogP contribution is 2.25. The normalized spacial score (nSPS) is 21.4. The van der Waals surface area contributed by atoms with Crippen LogP contribution in [0, 0.1) is 0 Å². The van der Waals surface area contributed by atoms with Crippen LogP contribution in [0.15, 0.2) is 23.8 Å². The molecular formula is C17H24N6OS. The fraction of sp³-hybridized carbons (Fsp3) is 0.588. The molecule has 2 aromatic rings. The van der Waals surface area contributed by atoms with Crippen molar-refractivity contribution in [1.82, 2.24) is 15.0 Å². The molecule has 25 heavy (non-hydrogen) atoms. The molecule has 8 heteroatoms. The fourth-order valence-electron chi connectivity index (χ4n) is 3.46. The first kappa shape index (κ1) is 16.5. The molecule has 7 nitrogen and oxygen atoms in total. The smallest absolute Gasteiger partial charge is 0.227 e. The van der Waals surface area contributed by atoms with Gasteiger partial charge in [-0.1, -0.05) is 0 Å². The number of ether oxygens (including phenoxy) is 1. The first-order valence-corrected chi connectivity index (χ1v) is 9.72. The molecule has 2 fully saturated rings. The maximum Gasteiger partial charge on any atom is 0.227 e. The first-order valence-electron chi connectivity index (χ1n) is 8.84. The lowest BCUT2D eigenvalue weighted by Gasteiger charge is -2.37. The Morgan fingerprint density at radius 3 is 2.84 bits per heavy atom. The van der Waals surface area contributed by atoms with Crippen LogP contribution in [0.1, 0.15) is 12.8 Å². The van der Waals surface area contributed by atoms with E-state index in [2.05, 4.69) is 31.7 Å². The van der Waals surface area contributed by atoms with Gasteiger partial charge in [-0.2, -0.15) is 4.98 Å². The molecule has 4 heterocycles. The van der Waals surface area contributed by atoms with Crippen LogP contribution in [0.5, 0.6) is 0 Å². The molecule has 1 unspecified atom stereocenters. The summed E-state index contributed by atoms with van der Waals surface area (Å²) in [6.07, 6.45) is 6.06. The number of rotatable bonds is 4. The SMILES string of the molecule is CN(c1nccc(N2CCOCC2)n1)C1CCCN(c2nccs2)C1. The number of hydrogen-bond donors (Lipinski definition) is 0. The standard InChI is InChI=1S/C17H24N6OS/c1-21(14-3-2-7-23(13-14)17-19-6-12-25-17)16-18-5-4-15(20-16)22-8-10-24-11-9-22/h4-6,12,14H,2-3,7-11,13H2,1H3. The predicted molar refractivity (Wildman–Crippen MR) is 101 cm³/mol. The minimum absolute atomic E-state index is 0.401. The number of thiazole rings is 1. The number of hydrogen-bond acceptors (Lipinski definition) is 8. The summed E-state index contributed by atoms with van der Waals surface area (Å²) in [4.78, 5) is 20.7. The summed E-state index contributed by atoms with van der Waals surface area (Å²) in [6, 6.07) is 2.39. The zero-order valence-electron chi connectivity index (χ0n) is 14.5. The van der Waals surface area contributed by atoms with Crippen LogP contribution in [0.25, 0.3) is 0 Å². The zero-order valence-corrected chi connectivity index (χ0v) is 15.4. The van der Waals surface area contributed by atoms with Crippen LogP contribution in [-0.4, -0.2) is 67.4 Å². The predicted octanol–water partition coefficient (Wildman–Crippen LogP) is 1.87. The van der Waals surface area contributed by atoms with E-state index >= 15 is 0 Å². The summed E-state index contributed by atoms with van der Waals surface area (Å²) < 4.78 is 5.44. The molecule has 0 aromatic carbocycles. The molecule has 134 valence electrons. The summed E-state index contributed by atoms with van der Waals surface area (Å²) >= 11 is 1.71. The van der Waals surface area contributed by atoms with Crippen LogP contribution < -0.4 is 14.7 Å². The molecular weight excluding hydrogens is 336 g/mol. The Hall–Kier alpha value is -1.93. The molecule has 2 aliphatic heterocycles. The van der Waals surface area contributed by atoms with E-state index in [1.807, 2.05) is 23.8 Å². The highest BCUT2D eigenvalue weighted by atomic mass is 32.1. The molecule has 2 saturated heterocycles. The third kappa shape index (κ3) is 3.69. The number of anilines is 3. The number of piperidine rings is 1. The molecule has 0 aliphatic carbocycles. The molecule has 0 N–H and O–H groups in total. The maximum absolute atomic E-state index is 5.44. The van der Waals surface area contributed by atoms with Crippen LogP contribution in [-0.2, 0) is 4.74 Å². The summed E-state index contributed by atoms with van der Waals surface area (Å²) in [6.45, 7) is 5.35. The van der Waals surface area contributed by atoms with Crippen molar-refractivity contribution in [2.24, 2.45) is 0 Å². The topological polar surface area (TPSA) is 57.6 Å². The van der Waals surface area contributed by atoms with Gasteiger partial charge in [0.05, 0.1) is 13.2 Å². The Morgan fingerprint density at radius 2 is 2.04 bits per heavy atom. The minimum atomic E-state index is 0.401. The van der Waals surface area contributed by atoms with Gasteiger partial charge in [0.25, 0.3) is 0 Å². The van der Waals surface area contributed by atoms with Gasteiger partial charge in [0.15, 0.2) is 5.13 Å². The van der Waals surface area contributed by atoms with Crippen LogP contribution in [0.4, 0.5) is 16.9 Å². The van der Waals surface area contributed by atoms with Gasteiger partial charge in [-0.15, -0.1) is 11.3 Å². The molecule has 4 rings (SSSR count). The summed E-state index contributed by atoms with van der Waals surface area (Å²) in [5.74, 6) is 1.79. The van der Waals surface area contributed by atoms with E-state index in [4.69, 9.17) is 9.72 Å². The van der Waals surface area contributed by atoms with Crippen molar-refractivity contribution < 1.29 is 4.74 Å². The first-order chi connectivity index (χ1) is 12.3. The van der Waals surface area contributed by atoms with E-state index in [9.17, 15) is 0 Å². The lowest BCUT2D eigenvalue weighted by molar-refractivity contribution is 0.122. The number of nitrogens with zero attached hydrogens (tertiary/aromatic N) is 6. The van der Waals surface area contributed by atoms with Gasteiger partial charge >= 0.3 is 0 Å². The second kappa shape index (κ2) is 7.53. The van der Waals surface area contributed by atoms with Crippen molar-refractivity contribution in [2.75, 3.05) is 61.1 Å². The van der Waals surface area contributed by atoms with Crippen molar-refractivity contribution in [3.05, 3.63) is 23.8 Å². The Bertz CT molecular complexity index is 676. The van der Waals surface area contributed by atoms with E-state index in [-0.39, 0.29) is 0 Å². The fourth-order valence-corrected chi connectivity index (χ4v) is 4.14. The largest absolute Gasteiger partial charge is 0.378 e. The van der Waals surface area contributed by atoms with Gasteiger partial charge in [-0.05, 0) is 18.9 Å². The maximum atomic E-state index is 5.44. The Morgan fingerprint density at radius 1 is 1.16 bits per heavy atom. The Kier molecular flexibility index (Phi) is 4.98. The minimum Gasteiger partial charge on any atom is -0.378 e. The van der Waals surface area contributed by atoms with Crippen molar-refractivity contribution in [1.29, 1.82) is 0 Å². The average Bonchev–Trinajstić information content (AvgIpc) is 3.23. The lowest BCUT2D eigenvalue weighted by Crippen LogP contribution is -2.47. The molecule has 0 saturated carbocycles. The van der Waals surface area contributed by atoms with Gasteiger partial charge in [0, 0.05) is 57.0 Å². The van der Waals surface area contributed by atoms with Crippen LogP contribution in [0.2, 0.25) is 0 Å². The summed E-state index contributed by atoms with van der Waals surface area (Å²) in [5.41, 5.74) is 0. The van der Waals surface area contributed by atoms with Crippen molar-refractivity contribution in [2.45, 2.75) is 18.9 Å². The zero-order chi connectivity index (χ0) is 17.1.